The molecule has 0 atom stereocenters. The van der Waals surface area contributed by atoms with Gasteiger partial charge in [-0.05, 0) is 36.4 Å². The highest BCUT2D eigenvalue weighted by Crippen LogP contribution is 2.20. The number of hydrogen-bond donors (Lipinski definition) is 2. The minimum Gasteiger partial charge on any atom is -0.355 e. The van der Waals surface area contributed by atoms with Crippen LogP contribution in [0.25, 0.3) is 0 Å². The number of hydrogen-bond acceptors (Lipinski definition) is 4. The Hall–Kier alpha value is -4.18. The molecule has 146 valence electrons. The maximum absolute atomic E-state index is 4.26. The van der Waals surface area contributed by atoms with Crippen LogP contribution in [-0.4, -0.2) is 12.4 Å². The minimum atomic E-state index is 0.967. The van der Waals surface area contributed by atoms with Gasteiger partial charge in [0.1, 0.15) is 0 Å². The second kappa shape index (κ2) is 9.85. The molecule has 4 rings (SSSR count). The summed E-state index contributed by atoms with van der Waals surface area (Å²) in [5, 5.41) is 15.4. The molecule has 30 heavy (non-hydrogen) atoms. The zero-order valence-electron chi connectivity index (χ0n) is 16.4. The van der Waals surface area contributed by atoms with Crippen molar-refractivity contribution in [3.05, 3.63) is 120 Å². The first kappa shape index (κ1) is 19.2. The van der Waals surface area contributed by atoms with E-state index in [9.17, 15) is 0 Å². The first-order valence-corrected chi connectivity index (χ1v) is 9.77. The number of para-hydroxylation sites is 4. The molecule has 0 saturated carbocycles. The predicted octanol–water partition coefficient (Wildman–Crippen LogP) is 6.63. The molecule has 0 spiro atoms. The maximum atomic E-state index is 4.26. The number of nitrogens with zero attached hydrogens (tertiary/aromatic N) is 2. The molecule has 2 N–H and O–H groups in total. The molecule has 4 aromatic rings. The molecule has 0 saturated heterocycles. The van der Waals surface area contributed by atoms with E-state index < -0.39 is 0 Å². The van der Waals surface area contributed by atoms with Gasteiger partial charge in [0.25, 0.3) is 0 Å². The van der Waals surface area contributed by atoms with Gasteiger partial charge < -0.3 is 10.6 Å². The van der Waals surface area contributed by atoms with Crippen LogP contribution >= 0.6 is 0 Å². The molecule has 4 aromatic carbocycles. The Morgan fingerprint density at radius 2 is 0.800 bits per heavy atom. The van der Waals surface area contributed by atoms with E-state index in [1.165, 1.54) is 0 Å². The predicted molar refractivity (Wildman–Crippen MR) is 128 cm³/mol. The van der Waals surface area contributed by atoms with Crippen molar-refractivity contribution in [2.45, 2.75) is 0 Å². The molecule has 0 aromatic heterocycles. The van der Waals surface area contributed by atoms with Crippen molar-refractivity contribution in [2.75, 3.05) is 10.6 Å². The van der Waals surface area contributed by atoms with Crippen LogP contribution < -0.4 is 10.6 Å². The topological polar surface area (TPSA) is 48.8 Å². The summed E-state index contributed by atoms with van der Waals surface area (Å²) in [4.78, 5) is 0. The molecule has 0 unspecified atom stereocenters. The smallest absolute Gasteiger partial charge is 0.0588 e. The Balaban J connectivity index is 1.48. The number of benzene rings is 4. The van der Waals surface area contributed by atoms with Gasteiger partial charge in [-0.1, -0.05) is 72.8 Å². The minimum absolute atomic E-state index is 0.967. The first-order valence-electron chi connectivity index (χ1n) is 9.77. The highest BCUT2D eigenvalue weighted by molar-refractivity contribution is 5.91. The second-order valence-electron chi connectivity index (χ2n) is 6.65. The lowest BCUT2D eigenvalue weighted by atomic mass is 10.2. The normalized spacial score (nSPS) is 11.1. The van der Waals surface area contributed by atoms with E-state index in [4.69, 9.17) is 0 Å². The van der Waals surface area contributed by atoms with Crippen LogP contribution in [0.5, 0.6) is 0 Å². The molecular formula is C26H22N4. The Kier molecular flexibility index (Phi) is 6.28. The number of rotatable bonds is 7. The van der Waals surface area contributed by atoms with Crippen molar-refractivity contribution < 1.29 is 0 Å². The third kappa shape index (κ3) is 5.20. The first-order chi connectivity index (χ1) is 14.9. The van der Waals surface area contributed by atoms with Crippen LogP contribution in [0.2, 0.25) is 0 Å². The Bertz CT molecular complexity index is 1040. The summed E-state index contributed by atoms with van der Waals surface area (Å²) in [6.07, 6.45) is 3.52. The summed E-state index contributed by atoms with van der Waals surface area (Å²) < 4.78 is 0. The molecule has 0 heterocycles. The lowest BCUT2D eigenvalue weighted by molar-refractivity contribution is 1.26. The monoisotopic (exact) mass is 390 g/mol. The fourth-order valence-corrected chi connectivity index (χ4v) is 2.99. The lowest BCUT2D eigenvalue weighted by Gasteiger charge is -2.09. The average molecular weight is 390 g/mol. The van der Waals surface area contributed by atoms with Gasteiger partial charge in [0, 0.05) is 33.9 Å². The molecule has 0 aliphatic heterocycles. The van der Waals surface area contributed by atoms with Gasteiger partial charge in [0.15, 0.2) is 0 Å². The Labute approximate surface area is 176 Å². The molecule has 0 bridgehead atoms. The summed E-state index contributed by atoms with van der Waals surface area (Å²) in [5.74, 6) is 0. The van der Waals surface area contributed by atoms with Gasteiger partial charge in [-0.25, -0.2) is 0 Å². The Morgan fingerprint density at radius 3 is 1.23 bits per heavy atom. The SMILES string of the molecule is C(=N/N=C\c1ccccc1Nc1ccccc1)/c1ccccc1Nc1ccccc1. The lowest BCUT2D eigenvalue weighted by Crippen LogP contribution is -1.95. The highest BCUT2D eigenvalue weighted by atomic mass is 15.2. The molecular weight excluding hydrogens is 368 g/mol. The van der Waals surface area contributed by atoms with Gasteiger partial charge >= 0.3 is 0 Å². The van der Waals surface area contributed by atoms with Crippen LogP contribution in [-0.2, 0) is 0 Å². The zero-order chi connectivity index (χ0) is 20.4. The Morgan fingerprint density at radius 1 is 0.433 bits per heavy atom. The zero-order valence-corrected chi connectivity index (χ0v) is 16.4. The van der Waals surface area contributed by atoms with Crippen molar-refractivity contribution in [3.8, 4) is 0 Å². The van der Waals surface area contributed by atoms with Crippen LogP contribution in [0.15, 0.2) is 119 Å². The van der Waals surface area contributed by atoms with E-state index in [0.29, 0.717) is 0 Å². The second-order valence-corrected chi connectivity index (χ2v) is 6.65. The van der Waals surface area contributed by atoms with E-state index in [1.807, 2.05) is 109 Å². The van der Waals surface area contributed by atoms with Crippen LogP contribution in [0.3, 0.4) is 0 Å². The van der Waals surface area contributed by atoms with Crippen molar-refractivity contribution in [1.29, 1.82) is 0 Å². The summed E-state index contributed by atoms with van der Waals surface area (Å²) in [6.45, 7) is 0. The molecule has 0 aliphatic rings. The third-order valence-electron chi connectivity index (χ3n) is 4.49. The van der Waals surface area contributed by atoms with E-state index in [0.717, 1.165) is 33.9 Å². The van der Waals surface area contributed by atoms with E-state index in [1.54, 1.807) is 12.4 Å². The average Bonchev–Trinajstić information content (AvgIpc) is 2.80. The molecule has 4 nitrogen and oxygen atoms in total. The molecule has 0 aliphatic carbocycles. The van der Waals surface area contributed by atoms with Crippen molar-refractivity contribution >= 4 is 35.2 Å². The van der Waals surface area contributed by atoms with Crippen LogP contribution in [0.1, 0.15) is 11.1 Å². The van der Waals surface area contributed by atoms with Gasteiger partial charge in [-0.2, -0.15) is 10.2 Å². The van der Waals surface area contributed by atoms with Gasteiger partial charge in [-0.3, -0.25) is 0 Å². The summed E-state index contributed by atoms with van der Waals surface area (Å²) in [6, 6.07) is 36.2. The summed E-state index contributed by atoms with van der Waals surface area (Å²) in [5.41, 5.74) is 5.96. The van der Waals surface area contributed by atoms with Gasteiger partial charge in [-0.15, -0.1) is 0 Å². The number of anilines is 4. The fraction of sp³-hybridized carbons (Fsp3) is 0. The van der Waals surface area contributed by atoms with Crippen molar-refractivity contribution in [1.82, 2.24) is 0 Å². The van der Waals surface area contributed by atoms with Crippen molar-refractivity contribution in [3.63, 3.8) is 0 Å². The summed E-state index contributed by atoms with van der Waals surface area (Å²) >= 11 is 0. The van der Waals surface area contributed by atoms with Gasteiger partial charge in [0.05, 0.1) is 12.4 Å². The van der Waals surface area contributed by atoms with Crippen LogP contribution in [0.4, 0.5) is 22.7 Å². The fourth-order valence-electron chi connectivity index (χ4n) is 2.99. The van der Waals surface area contributed by atoms with Gasteiger partial charge in [0.2, 0.25) is 0 Å². The van der Waals surface area contributed by atoms with Crippen molar-refractivity contribution in [2.24, 2.45) is 10.2 Å². The quantitative estimate of drug-likeness (QED) is 0.275. The van der Waals surface area contributed by atoms with E-state index in [2.05, 4.69) is 20.8 Å². The maximum Gasteiger partial charge on any atom is 0.0588 e. The number of nitrogens with one attached hydrogen (secondary N) is 2. The summed E-state index contributed by atoms with van der Waals surface area (Å²) in [7, 11) is 0. The highest BCUT2D eigenvalue weighted by Gasteiger charge is 2.01. The van der Waals surface area contributed by atoms with E-state index >= 15 is 0 Å². The standard InChI is InChI=1S/C26H22N4/c1-3-13-23(14-4-1)29-25-17-9-7-11-21(25)19-27-28-20-22-12-8-10-18-26(22)30-24-15-5-2-6-16-24/h1-20,29-30H/b27-19-,28-20-. The molecule has 0 amide bonds. The molecule has 4 heteroatoms. The van der Waals surface area contributed by atoms with Crippen LogP contribution in [0, 0.1) is 0 Å². The largest absolute Gasteiger partial charge is 0.355 e. The third-order valence-corrected chi connectivity index (χ3v) is 4.49. The molecule has 0 radical (unpaired) electrons. The van der Waals surface area contributed by atoms with E-state index in [-0.39, 0.29) is 0 Å². The molecule has 0 fully saturated rings.